The topological polar surface area (TPSA) is 96.3 Å². The molecule has 130 valence electrons. The second-order valence-electron chi connectivity index (χ2n) is 4.35. The number of methoxy groups -OCH3 is 1. The van der Waals surface area contributed by atoms with Crippen LogP contribution < -0.4 is 9.67 Å². The molecular formula is C14H13F3N2O5. The minimum Gasteiger partial charge on any atom is -0.542 e. The van der Waals surface area contributed by atoms with E-state index in [9.17, 15) is 18.0 Å². The number of pyridine rings is 1. The molecule has 10 heteroatoms. The van der Waals surface area contributed by atoms with Gasteiger partial charge in [0.05, 0.1) is 19.7 Å². The van der Waals surface area contributed by atoms with E-state index in [4.69, 9.17) is 14.3 Å². The molecule has 0 unspecified atom stereocenters. The third-order valence-electron chi connectivity index (χ3n) is 2.53. The van der Waals surface area contributed by atoms with Crippen LogP contribution in [0.2, 0.25) is 0 Å². The largest absolute Gasteiger partial charge is 0.542 e. The molecule has 0 radical (unpaired) electrons. The van der Waals surface area contributed by atoms with Crippen molar-refractivity contribution in [2.24, 2.45) is 0 Å². The fraction of sp³-hybridized carbons (Fsp3) is 0.286. The SMILES string of the molecule is COC(=O)Cc1ccc[n+](Cc2ncco2)c1.O=C([O-])C(F)(F)F. The highest BCUT2D eigenvalue weighted by Gasteiger charge is 2.28. The predicted octanol–water partition coefficient (Wildman–Crippen LogP) is 0.0245. The van der Waals surface area contributed by atoms with E-state index in [2.05, 4.69) is 9.72 Å². The standard InChI is InChI=1S/C12H13N2O3.C2HF3O2/c1-16-12(15)7-10-3-2-5-14(8-10)9-11-13-4-6-17-11;3-2(4,5)1(6)7/h2-6,8H,7,9H2,1H3;(H,6,7)/q+1;/p-1. The Hall–Kier alpha value is -2.91. The number of alkyl halides is 3. The van der Waals surface area contributed by atoms with Crippen LogP contribution in [0.4, 0.5) is 13.2 Å². The number of nitrogens with zero attached hydrogens (tertiary/aromatic N) is 2. The molecule has 0 amide bonds. The molecule has 2 heterocycles. The fourth-order valence-electron chi connectivity index (χ4n) is 1.51. The second-order valence-corrected chi connectivity index (χ2v) is 4.35. The number of hydrogen-bond donors (Lipinski definition) is 0. The summed E-state index contributed by atoms with van der Waals surface area (Å²) in [6, 6.07) is 3.75. The Kier molecular flexibility index (Phi) is 6.90. The van der Waals surface area contributed by atoms with E-state index in [1.807, 2.05) is 29.1 Å². The highest BCUT2D eigenvalue weighted by atomic mass is 19.4. The minimum atomic E-state index is -5.19. The van der Waals surface area contributed by atoms with Crippen LogP contribution in [0.25, 0.3) is 0 Å². The second kappa shape index (κ2) is 8.65. The summed E-state index contributed by atoms with van der Waals surface area (Å²) in [6.07, 6.45) is 1.98. The molecule has 0 aromatic carbocycles. The molecular weight excluding hydrogens is 333 g/mol. The highest BCUT2D eigenvalue weighted by molar-refractivity contribution is 5.72. The van der Waals surface area contributed by atoms with Crippen molar-refractivity contribution in [2.45, 2.75) is 19.1 Å². The van der Waals surface area contributed by atoms with Crippen LogP contribution in [0.3, 0.4) is 0 Å². The Bertz CT molecular complexity index is 671. The van der Waals surface area contributed by atoms with Gasteiger partial charge in [-0.05, 0) is 6.07 Å². The van der Waals surface area contributed by atoms with Gasteiger partial charge in [0.2, 0.25) is 6.54 Å². The zero-order valence-corrected chi connectivity index (χ0v) is 12.4. The fourth-order valence-corrected chi connectivity index (χ4v) is 1.51. The first-order chi connectivity index (χ1) is 11.2. The average molecular weight is 346 g/mol. The molecule has 2 aromatic heterocycles. The number of esters is 1. The number of carbonyl (C=O) groups is 2. The van der Waals surface area contributed by atoms with Gasteiger partial charge in [0.25, 0.3) is 5.89 Å². The number of halogens is 3. The maximum atomic E-state index is 11.1. The van der Waals surface area contributed by atoms with Gasteiger partial charge in [0.1, 0.15) is 12.2 Å². The monoisotopic (exact) mass is 346 g/mol. The van der Waals surface area contributed by atoms with Crippen LogP contribution >= 0.6 is 0 Å². The molecule has 0 fully saturated rings. The number of aromatic nitrogens is 2. The molecule has 0 aliphatic carbocycles. The summed E-state index contributed by atoms with van der Waals surface area (Å²) >= 11 is 0. The Labute approximate surface area is 134 Å². The van der Waals surface area contributed by atoms with Gasteiger partial charge in [-0.3, -0.25) is 4.79 Å². The van der Waals surface area contributed by atoms with Gasteiger partial charge in [-0.2, -0.15) is 17.7 Å². The van der Waals surface area contributed by atoms with E-state index in [-0.39, 0.29) is 12.4 Å². The first kappa shape index (κ1) is 19.1. The number of carboxylic acid groups (broad SMARTS) is 1. The molecule has 0 atom stereocenters. The summed E-state index contributed by atoms with van der Waals surface area (Å²) in [4.78, 5) is 24.0. The molecule has 0 N–H and O–H groups in total. The Balaban J connectivity index is 0.000000351. The van der Waals surface area contributed by atoms with Crippen LogP contribution in [0, 0.1) is 0 Å². The molecule has 0 bridgehead atoms. The summed E-state index contributed by atoms with van der Waals surface area (Å²) in [6.45, 7) is 0.544. The maximum absolute atomic E-state index is 11.1. The third kappa shape index (κ3) is 6.90. The summed E-state index contributed by atoms with van der Waals surface area (Å²) in [7, 11) is 1.38. The van der Waals surface area contributed by atoms with Gasteiger partial charge in [-0.1, -0.05) is 0 Å². The number of hydrogen-bond acceptors (Lipinski definition) is 6. The van der Waals surface area contributed by atoms with Gasteiger partial charge < -0.3 is 19.1 Å². The summed E-state index contributed by atoms with van der Waals surface area (Å²) < 4.78 is 43.2. The Morgan fingerprint density at radius 1 is 1.42 bits per heavy atom. The van der Waals surface area contributed by atoms with Gasteiger partial charge in [0.15, 0.2) is 12.4 Å². The molecule has 0 spiro atoms. The summed E-state index contributed by atoms with van der Waals surface area (Å²) in [5.41, 5.74) is 0.894. The lowest BCUT2D eigenvalue weighted by Gasteiger charge is -2.03. The van der Waals surface area contributed by atoms with Crippen LogP contribution in [0.15, 0.2) is 41.4 Å². The van der Waals surface area contributed by atoms with E-state index in [0.29, 0.717) is 12.4 Å². The van der Waals surface area contributed by atoms with Crippen molar-refractivity contribution in [3.63, 3.8) is 0 Å². The number of aliphatic carboxylic acids is 1. The normalized spacial score (nSPS) is 10.5. The molecule has 0 saturated heterocycles. The zero-order chi connectivity index (χ0) is 18.2. The van der Waals surface area contributed by atoms with E-state index in [1.165, 1.54) is 13.4 Å². The van der Waals surface area contributed by atoms with Gasteiger partial charge in [-0.25, -0.2) is 4.98 Å². The van der Waals surface area contributed by atoms with Crippen LogP contribution in [-0.4, -0.2) is 30.2 Å². The average Bonchev–Trinajstić information content (AvgIpc) is 3.00. The zero-order valence-electron chi connectivity index (χ0n) is 12.4. The van der Waals surface area contributed by atoms with Crippen molar-refractivity contribution in [1.29, 1.82) is 0 Å². The maximum Gasteiger partial charge on any atom is 0.430 e. The van der Waals surface area contributed by atoms with E-state index < -0.39 is 12.1 Å². The van der Waals surface area contributed by atoms with Crippen molar-refractivity contribution >= 4 is 11.9 Å². The summed E-state index contributed by atoms with van der Waals surface area (Å²) in [5.74, 6) is -2.63. The number of carbonyl (C=O) groups excluding carboxylic acids is 2. The van der Waals surface area contributed by atoms with Crippen molar-refractivity contribution in [2.75, 3.05) is 7.11 Å². The molecule has 24 heavy (non-hydrogen) atoms. The number of oxazole rings is 1. The van der Waals surface area contributed by atoms with Gasteiger partial charge in [0, 0.05) is 11.6 Å². The Morgan fingerprint density at radius 3 is 2.58 bits per heavy atom. The molecule has 0 saturated carbocycles. The third-order valence-corrected chi connectivity index (χ3v) is 2.53. The van der Waals surface area contributed by atoms with Crippen molar-refractivity contribution < 1.29 is 41.6 Å². The lowest BCUT2D eigenvalue weighted by molar-refractivity contribution is -0.690. The van der Waals surface area contributed by atoms with Crippen molar-refractivity contribution in [3.8, 4) is 0 Å². The van der Waals surface area contributed by atoms with Crippen molar-refractivity contribution in [1.82, 2.24) is 4.98 Å². The molecule has 0 aliphatic rings. The van der Waals surface area contributed by atoms with E-state index in [0.717, 1.165) is 5.56 Å². The highest BCUT2D eigenvalue weighted by Crippen LogP contribution is 2.11. The molecule has 2 aromatic rings. The smallest absolute Gasteiger partial charge is 0.430 e. The molecule has 2 rings (SSSR count). The number of ether oxygens (including phenoxy) is 1. The van der Waals surface area contributed by atoms with Crippen molar-refractivity contribution in [3.05, 3.63) is 48.4 Å². The number of rotatable bonds is 4. The van der Waals surface area contributed by atoms with Crippen LogP contribution in [-0.2, 0) is 27.3 Å². The van der Waals surface area contributed by atoms with Gasteiger partial charge in [-0.15, -0.1) is 0 Å². The lowest BCUT2D eigenvalue weighted by Crippen LogP contribution is -2.37. The number of carboxylic acids is 1. The van der Waals surface area contributed by atoms with Crippen LogP contribution in [0.1, 0.15) is 11.5 Å². The first-order valence-electron chi connectivity index (χ1n) is 6.43. The van der Waals surface area contributed by atoms with E-state index >= 15 is 0 Å². The van der Waals surface area contributed by atoms with E-state index in [1.54, 1.807) is 6.20 Å². The quantitative estimate of drug-likeness (QED) is 0.572. The first-order valence-corrected chi connectivity index (χ1v) is 6.43. The Morgan fingerprint density at radius 2 is 2.08 bits per heavy atom. The predicted molar refractivity (Wildman–Crippen MR) is 69.0 cm³/mol. The lowest BCUT2D eigenvalue weighted by atomic mass is 10.2. The minimum absolute atomic E-state index is 0.251. The van der Waals surface area contributed by atoms with Crippen LogP contribution in [0.5, 0.6) is 0 Å². The summed E-state index contributed by atoms with van der Waals surface area (Å²) in [5, 5.41) is 8.78. The molecule has 0 aliphatic heterocycles. The molecule has 7 nitrogen and oxygen atoms in total. The van der Waals surface area contributed by atoms with Gasteiger partial charge >= 0.3 is 12.1 Å².